The smallest absolute Gasteiger partial charge is 0.254 e. The number of aryl methyl sites for hydroxylation is 2. The summed E-state index contributed by atoms with van der Waals surface area (Å²) in [6.45, 7) is 6.96. The number of benzene rings is 2. The average molecular weight is 445 g/mol. The fourth-order valence-electron chi connectivity index (χ4n) is 3.77. The Labute approximate surface area is 192 Å². The number of H-pyrrole nitrogens is 1. The van der Waals surface area contributed by atoms with Crippen molar-refractivity contribution in [2.45, 2.75) is 53.2 Å². The van der Waals surface area contributed by atoms with Crippen molar-refractivity contribution < 1.29 is 4.74 Å². The van der Waals surface area contributed by atoms with E-state index in [1.165, 1.54) is 0 Å². The molecule has 0 aliphatic carbocycles. The number of nitrogens with one attached hydrogen (secondary N) is 1. The zero-order chi connectivity index (χ0) is 23.2. The standard InChI is InChI=1S/C25H28N6O2/c1-4-5-9-23-26-17(2)14-24(32)31(23)15-19-10-12-21(13-11-19)33-16-20-7-6-8-22(18(20)3)25-27-29-30-28-25/h6-8,10-14H,4-5,9,15-16H2,1-3H3,(H,27,28,29,30). The Balaban J connectivity index is 1.45. The second-order valence-electron chi connectivity index (χ2n) is 8.10. The van der Waals surface area contributed by atoms with Gasteiger partial charge in [0.2, 0.25) is 5.82 Å². The van der Waals surface area contributed by atoms with Gasteiger partial charge in [0, 0.05) is 23.7 Å². The molecule has 0 amide bonds. The van der Waals surface area contributed by atoms with Crippen molar-refractivity contribution in [2.24, 2.45) is 0 Å². The minimum Gasteiger partial charge on any atom is -0.489 e. The first-order valence-corrected chi connectivity index (χ1v) is 11.2. The predicted octanol–water partition coefficient (Wildman–Crippen LogP) is 4.01. The summed E-state index contributed by atoms with van der Waals surface area (Å²) in [5, 5.41) is 14.3. The van der Waals surface area contributed by atoms with Gasteiger partial charge >= 0.3 is 0 Å². The van der Waals surface area contributed by atoms with Crippen LogP contribution in [0.4, 0.5) is 0 Å². The van der Waals surface area contributed by atoms with E-state index in [9.17, 15) is 4.79 Å². The van der Waals surface area contributed by atoms with Crippen LogP contribution in [0.15, 0.2) is 53.3 Å². The third kappa shape index (κ3) is 5.34. The second-order valence-corrected chi connectivity index (χ2v) is 8.10. The molecular formula is C25H28N6O2. The molecule has 170 valence electrons. The van der Waals surface area contributed by atoms with E-state index in [-0.39, 0.29) is 5.56 Å². The van der Waals surface area contributed by atoms with Crippen molar-refractivity contribution in [2.75, 3.05) is 0 Å². The Kier molecular flexibility index (Phi) is 6.92. The number of unbranched alkanes of at least 4 members (excludes halogenated alkanes) is 1. The number of aromatic amines is 1. The van der Waals surface area contributed by atoms with Crippen LogP contribution < -0.4 is 10.3 Å². The van der Waals surface area contributed by atoms with Gasteiger partial charge in [-0.05, 0) is 54.3 Å². The Morgan fingerprint density at radius 3 is 2.64 bits per heavy atom. The molecule has 0 saturated carbocycles. The summed E-state index contributed by atoms with van der Waals surface area (Å²) < 4.78 is 7.79. The molecule has 2 heterocycles. The van der Waals surface area contributed by atoms with E-state index in [0.717, 1.165) is 58.8 Å². The molecule has 0 spiro atoms. The first kappa shape index (κ1) is 22.4. The largest absolute Gasteiger partial charge is 0.489 e. The highest BCUT2D eigenvalue weighted by Crippen LogP contribution is 2.23. The highest BCUT2D eigenvalue weighted by molar-refractivity contribution is 5.61. The maximum Gasteiger partial charge on any atom is 0.254 e. The lowest BCUT2D eigenvalue weighted by Crippen LogP contribution is -2.25. The van der Waals surface area contributed by atoms with Gasteiger partial charge in [0.1, 0.15) is 18.2 Å². The van der Waals surface area contributed by atoms with Crippen molar-refractivity contribution in [1.29, 1.82) is 0 Å². The molecule has 2 aromatic carbocycles. The average Bonchev–Trinajstić information content (AvgIpc) is 3.34. The van der Waals surface area contributed by atoms with Gasteiger partial charge in [-0.3, -0.25) is 9.36 Å². The van der Waals surface area contributed by atoms with Gasteiger partial charge in [-0.1, -0.05) is 43.7 Å². The van der Waals surface area contributed by atoms with Gasteiger partial charge in [-0.2, -0.15) is 5.21 Å². The maximum absolute atomic E-state index is 12.6. The molecule has 33 heavy (non-hydrogen) atoms. The molecule has 8 heteroatoms. The lowest BCUT2D eigenvalue weighted by molar-refractivity contribution is 0.305. The molecule has 0 bridgehead atoms. The third-order valence-electron chi connectivity index (χ3n) is 5.66. The van der Waals surface area contributed by atoms with Gasteiger partial charge in [-0.25, -0.2) is 4.98 Å². The second kappa shape index (κ2) is 10.2. The van der Waals surface area contributed by atoms with Crippen molar-refractivity contribution in [3.63, 3.8) is 0 Å². The summed E-state index contributed by atoms with van der Waals surface area (Å²) in [5.41, 5.74) is 4.83. The topological polar surface area (TPSA) is 98.6 Å². The van der Waals surface area contributed by atoms with E-state index in [0.29, 0.717) is 19.0 Å². The van der Waals surface area contributed by atoms with E-state index in [2.05, 4.69) is 32.5 Å². The number of hydrogen-bond acceptors (Lipinski definition) is 6. The van der Waals surface area contributed by atoms with Crippen molar-refractivity contribution in [3.8, 4) is 17.1 Å². The Morgan fingerprint density at radius 2 is 1.91 bits per heavy atom. The fraction of sp³-hybridized carbons (Fsp3) is 0.320. The maximum atomic E-state index is 12.6. The number of tetrazole rings is 1. The molecule has 0 fully saturated rings. The molecule has 0 atom stereocenters. The Hall–Kier alpha value is -3.81. The minimum absolute atomic E-state index is 0.00844. The van der Waals surface area contributed by atoms with Crippen molar-refractivity contribution in [3.05, 3.63) is 87.1 Å². The number of ether oxygens (including phenoxy) is 1. The highest BCUT2D eigenvalue weighted by Gasteiger charge is 2.11. The molecule has 4 aromatic rings. The number of rotatable bonds is 9. The van der Waals surface area contributed by atoms with E-state index >= 15 is 0 Å². The molecule has 2 aromatic heterocycles. The summed E-state index contributed by atoms with van der Waals surface area (Å²) in [7, 11) is 0. The van der Waals surface area contributed by atoms with Gasteiger partial charge in [-0.15, -0.1) is 10.2 Å². The molecule has 0 aliphatic heterocycles. The van der Waals surface area contributed by atoms with Crippen LogP contribution >= 0.6 is 0 Å². The van der Waals surface area contributed by atoms with Crippen molar-refractivity contribution >= 4 is 0 Å². The zero-order valence-electron chi connectivity index (χ0n) is 19.2. The van der Waals surface area contributed by atoms with Crippen LogP contribution in [0.3, 0.4) is 0 Å². The highest BCUT2D eigenvalue weighted by atomic mass is 16.5. The van der Waals surface area contributed by atoms with Crippen LogP contribution in [0.1, 0.15) is 48.0 Å². The molecule has 4 rings (SSSR count). The number of nitrogens with zero attached hydrogens (tertiary/aromatic N) is 5. The first-order valence-electron chi connectivity index (χ1n) is 11.2. The lowest BCUT2D eigenvalue weighted by atomic mass is 10.0. The molecule has 0 unspecified atom stereocenters. The molecular weight excluding hydrogens is 416 g/mol. The minimum atomic E-state index is -0.00844. The van der Waals surface area contributed by atoms with Crippen molar-refractivity contribution in [1.82, 2.24) is 30.2 Å². The first-order chi connectivity index (χ1) is 16.0. The summed E-state index contributed by atoms with van der Waals surface area (Å²) in [6, 6.07) is 15.4. The van der Waals surface area contributed by atoms with E-state index in [1.807, 2.05) is 56.3 Å². The predicted molar refractivity (Wildman–Crippen MR) is 126 cm³/mol. The van der Waals surface area contributed by atoms with Gasteiger partial charge < -0.3 is 4.74 Å². The molecule has 0 radical (unpaired) electrons. The lowest BCUT2D eigenvalue weighted by Gasteiger charge is -2.14. The molecule has 8 nitrogen and oxygen atoms in total. The van der Waals surface area contributed by atoms with Gasteiger partial charge in [0.15, 0.2) is 0 Å². The summed E-state index contributed by atoms with van der Waals surface area (Å²) in [4.78, 5) is 17.2. The Morgan fingerprint density at radius 1 is 1.09 bits per heavy atom. The van der Waals surface area contributed by atoms with E-state index < -0.39 is 0 Å². The number of aromatic nitrogens is 6. The summed E-state index contributed by atoms with van der Waals surface area (Å²) >= 11 is 0. The zero-order valence-corrected chi connectivity index (χ0v) is 19.2. The summed E-state index contributed by atoms with van der Waals surface area (Å²) in [5.74, 6) is 2.18. The quantitative estimate of drug-likeness (QED) is 0.419. The molecule has 0 aliphatic rings. The molecule has 1 N–H and O–H groups in total. The normalized spacial score (nSPS) is 11.0. The van der Waals surface area contributed by atoms with Crippen LogP contribution in [0.5, 0.6) is 5.75 Å². The van der Waals surface area contributed by atoms with Crippen LogP contribution in [-0.4, -0.2) is 30.2 Å². The van der Waals surface area contributed by atoms with E-state index in [1.54, 1.807) is 10.6 Å². The van der Waals surface area contributed by atoms with E-state index in [4.69, 9.17) is 4.74 Å². The van der Waals surface area contributed by atoms with Crippen LogP contribution in [0.25, 0.3) is 11.4 Å². The number of hydrogen-bond donors (Lipinski definition) is 1. The van der Waals surface area contributed by atoms with Crippen LogP contribution in [0, 0.1) is 13.8 Å². The third-order valence-corrected chi connectivity index (χ3v) is 5.66. The SMILES string of the molecule is CCCCc1nc(C)cc(=O)n1Cc1ccc(OCc2cccc(-c3nn[nH]n3)c2C)cc1. The Bertz CT molecular complexity index is 1260. The molecule has 0 saturated heterocycles. The van der Waals surface area contributed by atoms with Crippen LogP contribution in [-0.2, 0) is 19.6 Å². The summed E-state index contributed by atoms with van der Waals surface area (Å²) in [6.07, 6.45) is 2.88. The fourth-order valence-corrected chi connectivity index (χ4v) is 3.77. The van der Waals surface area contributed by atoms with Gasteiger partial charge in [0.05, 0.1) is 6.54 Å². The monoisotopic (exact) mass is 444 g/mol. The van der Waals surface area contributed by atoms with Gasteiger partial charge in [0.25, 0.3) is 5.56 Å². The van der Waals surface area contributed by atoms with Crippen LogP contribution in [0.2, 0.25) is 0 Å².